The number of likely N-dealkylation sites (tertiary alicyclic amines) is 1. The highest BCUT2D eigenvalue weighted by Crippen LogP contribution is 2.30. The maximum Gasteiger partial charge on any atom is 0.417 e. The first-order valence-corrected chi connectivity index (χ1v) is 10.6. The molecule has 0 bridgehead atoms. The molecule has 0 radical (unpaired) electrons. The van der Waals surface area contributed by atoms with E-state index in [1.54, 1.807) is 0 Å². The second-order valence-corrected chi connectivity index (χ2v) is 8.23. The number of hydrogen-bond acceptors (Lipinski definition) is 5. The molecular formula is C22H28F3N5. The number of piperidine rings is 2. The van der Waals surface area contributed by atoms with Gasteiger partial charge in [-0.1, -0.05) is 6.07 Å². The van der Waals surface area contributed by atoms with Crippen molar-refractivity contribution in [3.8, 4) is 0 Å². The fraction of sp³-hybridized carbons (Fsp3) is 0.545. The quantitative estimate of drug-likeness (QED) is 0.800. The molecule has 1 N–H and O–H groups in total. The minimum Gasteiger partial charge on any atom is -0.355 e. The molecule has 0 spiro atoms. The molecule has 0 aromatic carbocycles. The Morgan fingerprint density at radius 3 is 2.47 bits per heavy atom. The summed E-state index contributed by atoms with van der Waals surface area (Å²) in [7, 11) is 0. The fourth-order valence-electron chi connectivity index (χ4n) is 4.37. The highest BCUT2D eigenvalue weighted by Gasteiger charge is 2.31. The molecule has 1 atom stereocenters. The summed E-state index contributed by atoms with van der Waals surface area (Å²) in [4.78, 5) is 13.0. The van der Waals surface area contributed by atoms with Crippen LogP contribution in [0.25, 0.3) is 0 Å². The van der Waals surface area contributed by atoms with Crippen LogP contribution in [-0.2, 0) is 12.7 Å². The molecule has 162 valence electrons. The van der Waals surface area contributed by atoms with E-state index in [9.17, 15) is 13.2 Å². The van der Waals surface area contributed by atoms with Crippen LogP contribution in [0.4, 0.5) is 19.0 Å². The van der Waals surface area contributed by atoms with E-state index >= 15 is 0 Å². The minimum atomic E-state index is -4.34. The van der Waals surface area contributed by atoms with E-state index in [2.05, 4.69) is 31.2 Å². The smallest absolute Gasteiger partial charge is 0.355 e. The monoisotopic (exact) mass is 419 g/mol. The van der Waals surface area contributed by atoms with E-state index in [-0.39, 0.29) is 0 Å². The lowest BCUT2D eigenvalue weighted by atomic mass is 10.00. The van der Waals surface area contributed by atoms with Crippen molar-refractivity contribution in [1.29, 1.82) is 0 Å². The topological polar surface area (TPSA) is 44.3 Å². The van der Waals surface area contributed by atoms with Crippen LogP contribution in [-0.4, -0.2) is 53.1 Å². The van der Waals surface area contributed by atoms with Gasteiger partial charge in [0.15, 0.2) is 0 Å². The molecule has 4 rings (SSSR count). The molecule has 8 heteroatoms. The normalized spacial score (nSPS) is 21.7. The zero-order valence-electron chi connectivity index (χ0n) is 17.0. The van der Waals surface area contributed by atoms with Gasteiger partial charge < -0.3 is 10.2 Å². The Labute approximate surface area is 175 Å². The van der Waals surface area contributed by atoms with E-state index in [4.69, 9.17) is 0 Å². The van der Waals surface area contributed by atoms with Gasteiger partial charge in [0.05, 0.1) is 11.3 Å². The van der Waals surface area contributed by atoms with Crippen LogP contribution in [0.5, 0.6) is 0 Å². The summed E-state index contributed by atoms with van der Waals surface area (Å²) < 4.78 is 38.3. The molecule has 0 unspecified atom stereocenters. The molecule has 0 amide bonds. The molecule has 2 aromatic rings. The van der Waals surface area contributed by atoms with Gasteiger partial charge in [-0.05, 0) is 49.9 Å². The Morgan fingerprint density at radius 1 is 0.967 bits per heavy atom. The average molecular weight is 419 g/mol. The standard InChI is InChI=1S/C22H28F3N5/c23-22(24,25)17-6-7-21(27-14-17)30-11-3-5-20(16-30)28-18-8-12-29(13-9-18)15-19-4-1-2-10-26-19/h1-2,4,6-7,10,14,18,20,28H,3,5,8-9,11-13,15-16H2/t20-/m0/s1. The summed E-state index contributed by atoms with van der Waals surface area (Å²) in [6.07, 6.45) is 2.73. The highest BCUT2D eigenvalue weighted by molar-refractivity contribution is 5.40. The van der Waals surface area contributed by atoms with Crippen molar-refractivity contribution in [3.05, 3.63) is 54.0 Å². The Kier molecular flexibility index (Phi) is 6.53. The summed E-state index contributed by atoms with van der Waals surface area (Å²) in [6, 6.07) is 9.46. The number of rotatable bonds is 5. The summed E-state index contributed by atoms with van der Waals surface area (Å²) in [5, 5.41) is 3.79. The Balaban J connectivity index is 1.25. The Morgan fingerprint density at radius 2 is 1.80 bits per heavy atom. The first-order valence-electron chi connectivity index (χ1n) is 10.6. The predicted molar refractivity (Wildman–Crippen MR) is 110 cm³/mol. The lowest BCUT2D eigenvalue weighted by Gasteiger charge is -2.38. The third kappa shape index (κ3) is 5.49. The number of anilines is 1. The second kappa shape index (κ2) is 9.31. The number of hydrogen-bond donors (Lipinski definition) is 1. The van der Waals surface area contributed by atoms with Gasteiger partial charge in [-0.2, -0.15) is 13.2 Å². The molecule has 0 aliphatic carbocycles. The van der Waals surface area contributed by atoms with Crippen molar-refractivity contribution in [2.75, 3.05) is 31.1 Å². The summed E-state index contributed by atoms with van der Waals surface area (Å²) in [5.74, 6) is 0.625. The summed E-state index contributed by atoms with van der Waals surface area (Å²) in [6.45, 7) is 4.60. The molecule has 0 saturated carbocycles. The molecule has 4 heterocycles. The van der Waals surface area contributed by atoms with E-state index in [1.807, 2.05) is 18.3 Å². The van der Waals surface area contributed by atoms with Gasteiger partial charge in [0.1, 0.15) is 5.82 Å². The number of nitrogens with one attached hydrogen (secondary N) is 1. The zero-order valence-corrected chi connectivity index (χ0v) is 17.0. The van der Waals surface area contributed by atoms with Crippen LogP contribution in [0.1, 0.15) is 36.9 Å². The molecule has 2 aromatic heterocycles. The number of aromatic nitrogens is 2. The largest absolute Gasteiger partial charge is 0.417 e. The molecule has 2 aliphatic rings. The average Bonchev–Trinajstić information content (AvgIpc) is 2.76. The van der Waals surface area contributed by atoms with Crippen molar-refractivity contribution in [3.63, 3.8) is 0 Å². The number of pyridine rings is 2. The summed E-state index contributed by atoms with van der Waals surface area (Å²) >= 11 is 0. The van der Waals surface area contributed by atoms with Gasteiger partial charge in [0.2, 0.25) is 0 Å². The number of halogens is 3. The molecule has 5 nitrogen and oxygen atoms in total. The lowest BCUT2D eigenvalue weighted by Crippen LogP contribution is -2.52. The molecule has 30 heavy (non-hydrogen) atoms. The van der Waals surface area contributed by atoms with Gasteiger partial charge in [-0.15, -0.1) is 0 Å². The third-order valence-corrected chi connectivity index (χ3v) is 5.99. The van der Waals surface area contributed by atoms with Crippen LogP contribution in [0, 0.1) is 0 Å². The maximum absolute atomic E-state index is 12.8. The molecule has 2 saturated heterocycles. The van der Waals surface area contributed by atoms with Gasteiger partial charge in [-0.25, -0.2) is 4.98 Å². The van der Waals surface area contributed by atoms with Crippen LogP contribution in [0.3, 0.4) is 0 Å². The SMILES string of the molecule is FC(F)(F)c1ccc(N2CCC[C@H](NC3CCN(Cc4ccccn4)CC3)C2)nc1. The first kappa shape index (κ1) is 21.1. The maximum atomic E-state index is 12.8. The van der Waals surface area contributed by atoms with Gasteiger partial charge in [0, 0.05) is 57.2 Å². The fourth-order valence-corrected chi connectivity index (χ4v) is 4.37. The van der Waals surface area contributed by atoms with Crippen molar-refractivity contribution in [2.45, 2.75) is 50.5 Å². The molecule has 2 aliphatic heterocycles. The van der Waals surface area contributed by atoms with E-state index in [1.165, 1.54) is 6.07 Å². The third-order valence-electron chi connectivity index (χ3n) is 5.99. The Hall–Kier alpha value is -2.19. The van der Waals surface area contributed by atoms with Crippen molar-refractivity contribution < 1.29 is 13.2 Å². The minimum absolute atomic E-state index is 0.343. The lowest BCUT2D eigenvalue weighted by molar-refractivity contribution is -0.137. The van der Waals surface area contributed by atoms with Gasteiger partial charge >= 0.3 is 6.18 Å². The first-order chi connectivity index (χ1) is 14.5. The van der Waals surface area contributed by atoms with Crippen molar-refractivity contribution in [2.24, 2.45) is 0 Å². The second-order valence-electron chi connectivity index (χ2n) is 8.23. The van der Waals surface area contributed by atoms with Crippen LogP contribution < -0.4 is 10.2 Å². The summed E-state index contributed by atoms with van der Waals surface area (Å²) in [5.41, 5.74) is 0.409. The van der Waals surface area contributed by atoms with Crippen LogP contribution in [0.15, 0.2) is 42.7 Å². The van der Waals surface area contributed by atoms with Crippen molar-refractivity contribution in [1.82, 2.24) is 20.2 Å². The van der Waals surface area contributed by atoms with Gasteiger partial charge in [-0.3, -0.25) is 9.88 Å². The predicted octanol–water partition coefficient (Wildman–Crippen LogP) is 3.72. The zero-order chi connectivity index (χ0) is 21.0. The van der Waals surface area contributed by atoms with E-state index in [0.717, 1.165) is 76.4 Å². The van der Waals surface area contributed by atoms with E-state index in [0.29, 0.717) is 17.9 Å². The van der Waals surface area contributed by atoms with Gasteiger partial charge in [0.25, 0.3) is 0 Å². The van der Waals surface area contributed by atoms with Crippen molar-refractivity contribution >= 4 is 5.82 Å². The van der Waals surface area contributed by atoms with Crippen LogP contribution in [0.2, 0.25) is 0 Å². The highest BCUT2D eigenvalue weighted by atomic mass is 19.4. The Bertz CT molecular complexity index is 789. The number of alkyl halides is 3. The number of nitrogens with zero attached hydrogens (tertiary/aromatic N) is 4. The molecule has 2 fully saturated rings. The van der Waals surface area contributed by atoms with Crippen LogP contribution >= 0.6 is 0 Å². The molecular weight excluding hydrogens is 391 g/mol. The van der Waals surface area contributed by atoms with E-state index < -0.39 is 11.7 Å².